The van der Waals surface area contributed by atoms with Crippen LogP contribution in [0.15, 0.2) is 36.7 Å². The van der Waals surface area contributed by atoms with Crippen molar-refractivity contribution in [2.45, 2.75) is 31.7 Å². The van der Waals surface area contributed by atoms with E-state index in [0.29, 0.717) is 6.92 Å². The molecule has 0 aliphatic carbocycles. The molecule has 2 rings (SSSR count). The molecule has 9 nitrogen and oxygen atoms in total. The van der Waals surface area contributed by atoms with E-state index in [-0.39, 0.29) is 27.4 Å². The first kappa shape index (κ1) is 25.4. The molecule has 2 aromatic rings. The monoisotopic (exact) mass is 477 g/mol. The largest absolute Gasteiger partial charge is 0.363 e. The van der Waals surface area contributed by atoms with Crippen LogP contribution >= 0.6 is 11.6 Å². The first-order valence-corrected chi connectivity index (χ1v) is 9.77. The highest BCUT2D eigenvalue weighted by atomic mass is 35.5. The molecule has 1 heterocycles. The number of nitriles is 1. The van der Waals surface area contributed by atoms with Gasteiger partial charge in [0, 0.05) is 23.8 Å². The fraction of sp³-hybridized carbons (Fsp3) is 0.238. The lowest BCUT2D eigenvalue weighted by Gasteiger charge is -2.19. The van der Waals surface area contributed by atoms with Gasteiger partial charge in [-0.3, -0.25) is 24.2 Å². The number of anilines is 1. The summed E-state index contributed by atoms with van der Waals surface area (Å²) in [6.45, 7) is 0.626. The molecule has 0 saturated heterocycles. The minimum absolute atomic E-state index is 0.0299. The number of hydrogen-bond donors (Lipinski definition) is 3. The first-order chi connectivity index (χ1) is 15.4. The Balaban J connectivity index is 2.30. The van der Waals surface area contributed by atoms with Crippen molar-refractivity contribution in [3.05, 3.63) is 58.4 Å². The third-order valence-corrected chi connectivity index (χ3v) is 4.58. The van der Waals surface area contributed by atoms with Crippen LogP contribution < -0.4 is 16.4 Å². The molecule has 172 valence electrons. The number of benzene rings is 1. The lowest BCUT2D eigenvalue weighted by Crippen LogP contribution is -2.46. The summed E-state index contributed by atoms with van der Waals surface area (Å²) in [5, 5.41) is 13.7. The Labute approximate surface area is 191 Å². The number of halogens is 3. The molecule has 0 fully saturated rings. The molecule has 33 heavy (non-hydrogen) atoms. The number of Topliss-reactive ketones (excluding diaryl/α,β-unsaturated/α-hetero) is 1. The summed E-state index contributed by atoms with van der Waals surface area (Å²) in [4.78, 5) is 52.5. The molecule has 12 heteroatoms. The summed E-state index contributed by atoms with van der Waals surface area (Å²) in [5.74, 6) is -7.46. The predicted octanol–water partition coefficient (Wildman–Crippen LogP) is 2.45. The number of ketones is 1. The Hall–Kier alpha value is -3.91. The van der Waals surface area contributed by atoms with Crippen LogP contribution in [-0.4, -0.2) is 40.5 Å². The summed E-state index contributed by atoms with van der Waals surface area (Å²) < 4.78 is 26.5. The molecule has 3 amide bonds. The van der Waals surface area contributed by atoms with Gasteiger partial charge in [-0.05, 0) is 37.6 Å². The number of nitrogens with one attached hydrogen (secondary N) is 2. The molecule has 1 atom stereocenters. The van der Waals surface area contributed by atoms with Gasteiger partial charge in [-0.1, -0.05) is 11.6 Å². The maximum Gasteiger partial charge on any atom is 0.287 e. The van der Waals surface area contributed by atoms with E-state index >= 15 is 0 Å². The van der Waals surface area contributed by atoms with Crippen molar-refractivity contribution < 1.29 is 28.0 Å². The van der Waals surface area contributed by atoms with Gasteiger partial charge in [-0.2, -0.15) is 5.26 Å². The van der Waals surface area contributed by atoms with E-state index in [9.17, 15) is 28.0 Å². The molecule has 0 unspecified atom stereocenters. The van der Waals surface area contributed by atoms with Gasteiger partial charge >= 0.3 is 0 Å². The summed E-state index contributed by atoms with van der Waals surface area (Å²) in [6.07, 6.45) is 1.12. The lowest BCUT2D eigenvalue weighted by molar-refractivity contribution is -0.137. The van der Waals surface area contributed by atoms with Gasteiger partial charge in [0.15, 0.2) is 0 Å². The normalized spacial score (nSPS) is 11.7. The Morgan fingerprint density at radius 3 is 2.52 bits per heavy atom. The number of rotatable bonds is 9. The Morgan fingerprint density at radius 2 is 1.91 bits per heavy atom. The summed E-state index contributed by atoms with van der Waals surface area (Å²) >= 11 is 5.95. The highest BCUT2D eigenvalue weighted by molar-refractivity contribution is 6.38. The van der Waals surface area contributed by atoms with Crippen molar-refractivity contribution in [3.8, 4) is 6.07 Å². The van der Waals surface area contributed by atoms with E-state index in [1.807, 2.05) is 6.07 Å². The third-order valence-electron chi connectivity index (χ3n) is 4.34. The second-order valence-electron chi connectivity index (χ2n) is 7.08. The number of alkyl halides is 2. The van der Waals surface area contributed by atoms with Crippen molar-refractivity contribution in [3.63, 3.8) is 0 Å². The van der Waals surface area contributed by atoms with Crippen LogP contribution in [0.1, 0.15) is 46.0 Å². The van der Waals surface area contributed by atoms with Crippen molar-refractivity contribution >= 4 is 40.8 Å². The van der Waals surface area contributed by atoms with Gasteiger partial charge in [-0.15, -0.1) is 0 Å². The van der Waals surface area contributed by atoms with Crippen LogP contribution in [0.5, 0.6) is 0 Å². The fourth-order valence-electron chi connectivity index (χ4n) is 2.71. The molecular formula is C21H18ClF2N5O4. The van der Waals surface area contributed by atoms with Gasteiger partial charge in [0.2, 0.25) is 11.7 Å². The van der Waals surface area contributed by atoms with E-state index in [1.54, 1.807) is 0 Å². The maximum atomic E-state index is 13.3. The molecule has 0 saturated carbocycles. The zero-order valence-corrected chi connectivity index (χ0v) is 18.0. The van der Waals surface area contributed by atoms with Crippen LogP contribution in [0.4, 0.5) is 14.5 Å². The van der Waals surface area contributed by atoms with Crippen LogP contribution in [0, 0.1) is 11.3 Å². The lowest BCUT2D eigenvalue weighted by atomic mass is 10.0. The van der Waals surface area contributed by atoms with E-state index in [4.69, 9.17) is 22.6 Å². The number of nitrogens with zero attached hydrogens (tertiary/aromatic N) is 2. The molecule has 1 aromatic heterocycles. The average Bonchev–Trinajstić information content (AvgIpc) is 2.76. The molecule has 0 aliphatic heterocycles. The van der Waals surface area contributed by atoms with E-state index in [2.05, 4.69) is 15.6 Å². The number of nitrogens with two attached hydrogens (primary N) is 1. The SMILES string of the molecule is CC(F)(F)CC[C@H](NC(=O)c1cc(Cl)ccc1NC(=O)c1cncc(C#N)c1)C(=O)C(N)=O. The number of hydrogen-bond acceptors (Lipinski definition) is 6. The van der Waals surface area contributed by atoms with Crippen molar-refractivity contribution in [1.82, 2.24) is 10.3 Å². The zero-order chi connectivity index (χ0) is 24.8. The molecular weight excluding hydrogens is 460 g/mol. The fourth-order valence-corrected chi connectivity index (χ4v) is 2.88. The van der Waals surface area contributed by atoms with Gasteiger partial charge in [0.05, 0.1) is 28.4 Å². The number of amides is 3. The Kier molecular flexibility index (Phi) is 8.15. The highest BCUT2D eigenvalue weighted by Crippen LogP contribution is 2.23. The minimum atomic E-state index is -3.15. The molecule has 0 bridgehead atoms. The van der Waals surface area contributed by atoms with Gasteiger partial charge in [0.1, 0.15) is 6.07 Å². The number of carbonyl (C=O) groups excluding carboxylic acids is 4. The van der Waals surface area contributed by atoms with Crippen LogP contribution in [0.3, 0.4) is 0 Å². The smallest absolute Gasteiger partial charge is 0.287 e. The zero-order valence-electron chi connectivity index (χ0n) is 17.2. The van der Waals surface area contributed by atoms with Gasteiger partial charge in [-0.25, -0.2) is 8.78 Å². The molecule has 1 aromatic carbocycles. The summed E-state index contributed by atoms with van der Waals surface area (Å²) in [7, 11) is 0. The predicted molar refractivity (Wildman–Crippen MR) is 114 cm³/mol. The Bertz CT molecular complexity index is 1140. The van der Waals surface area contributed by atoms with Crippen molar-refractivity contribution in [2.75, 3.05) is 5.32 Å². The molecule has 0 aliphatic rings. The van der Waals surface area contributed by atoms with E-state index < -0.39 is 48.3 Å². The Morgan fingerprint density at radius 1 is 1.21 bits per heavy atom. The van der Waals surface area contributed by atoms with Gasteiger partial charge in [0.25, 0.3) is 17.7 Å². The molecule has 0 spiro atoms. The van der Waals surface area contributed by atoms with Crippen LogP contribution in [0.2, 0.25) is 5.02 Å². The highest BCUT2D eigenvalue weighted by Gasteiger charge is 2.30. The van der Waals surface area contributed by atoms with E-state index in [0.717, 1.165) is 0 Å². The first-order valence-electron chi connectivity index (χ1n) is 9.39. The van der Waals surface area contributed by atoms with Crippen molar-refractivity contribution in [2.24, 2.45) is 5.73 Å². The molecule has 4 N–H and O–H groups in total. The second kappa shape index (κ2) is 10.6. The summed E-state index contributed by atoms with van der Waals surface area (Å²) in [5.41, 5.74) is 4.90. The van der Waals surface area contributed by atoms with Crippen LogP contribution in [0.25, 0.3) is 0 Å². The number of pyridine rings is 1. The number of carbonyl (C=O) groups is 4. The van der Waals surface area contributed by atoms with E-state index in [1.165, 1.54) is 36.7 Å². The third kappa shape index (κ3) is 7.33. The minimum Gasteiger partial charge on any atom is -0.363 e. The molecule has 0 radical (unpaired) electrons. The standard InChI is InChI=1S/C21H18ClF2N5O4/c1-21(23,24)5-4-16(17(30)18(26)31)29-20(33)14-7-13(22)2-3-15(14)28-19(32)12-6-11(8-25)9-27-10-12/h2-3,6-7,9-10,16H,4-5H2,1H3,(H2,26,31)(H,28,32)(H,29,33)/t16-/m0/s1. The number of primary amides is 1. The van der Waals surface area contributed by atoms with Gasteiger partial charge < -0.3 is 16.4 Å². The number of aromatic nitrogens is 1. The van der Waals surface area contributed by atoms with Crippen molar-refractivity contribution in [1.29, 1.82) is 5.26 Å². The quantitative estimate of drug-likeness (QED) is 0.471. The summed E-state index contributed by atoms with van der Waals surface area (Å²) in [6, 6.07) is 5.37. The second-order valence-corrected chi connectivity index (χ2v) is 7.52. The average molecular weight is 478 g/mol. The maximum absolute atomic E-state index is 13.3. The van der Waals surface area contributed by atoms with Crippen LogP contribution in [-0.2, 0) is 9.59 Å². The topological polar surface area (TPSA) is 155 Å².